The van der Waals surface area contributed by atoms with Crippen LogP contribution < -0.4 is 0 Å². The van der Waals surface area contributed by atoms with Gasteiger partial charge < -0.3 is 9.47 Å². The Kier molecular flexibility index (Phi) is 7.23. The Bertz CT molecular complexity index is 560. The summed E-state index contributed by atoms with van der Waals surface area (Å²) in [5.74, 6) is 0. The molecule has 0 spiro atoms. The van der Waals surface area contributed by atoms with E-state index >= 15 is 0 Å². The second-order valence-corrected chi connectivity index (χ2v) is 5.26. The molecule has 1 aliphatic rings. The highest BCUT2D eigenvalue weighted by Crippen LogP contribution is 2.17. The van der Waals surface area contributed by atoms with Crippen LogP contribution in [0, 0.1) is 0 Å². The van der Waals surface area contributed by atoms with Crippen molar-refractivity contribution in [3.8, 4) is 5.69 Å². The number of ether oxygens (including phenoxy) is 2. The lowest BCUT2D eigenvalue weighted by atomic mass is 10.1. The van der Waals surface area contributed by atoms with Gasteiger partial charge >= 0.3 is 0 Å². The monoisotopic (exact) mass is 317 g/mol. The summed E-state index contributed by atoms with van der Waals surface area (Å²) >= 11 is 0. The molecule has 1 aromatic carbocycles. The predicted octanol–water partition coefficient (Wildman–Crippen LogP) is 3.90. The summed E-state index contributed by atoms with van der Waals surface area (Å²) in [6, 6.07) is 8.36. The summed E-state index contributed by atoms with van der Waals surface area (Å²) < 4.78 is 13.2. The second kappa shape index (κ2) is 9.43. The second-order valence-electron chi connectivity index (χ2n) is 5.26. The molecular formula is C18H27N3O2. The van der Waals surface area contributed by atoms with Gasteiger partial charge in [-0.1, -0.05) is 38.1 Å². The predicted molar refractivity (Wildman–Crippen MR) is 90.5 cm³/mol. The van der Waals surface area contributed by atoms with Crippen molar-refractivity contribution >= 4 is 0 Å². The van der Waals surface area contributed by atoms with Gasteiger partial charge in [-0.15, -0.1) is 5.10 Å². The summed E-state index contributed by atoms with van der Waals surface area (Å²) in [7, 11) is 0. The van der Waals surface area contributed by atoms with E-state index in [-0.39, 0.29) is 6.29 Å². The van der Waals surface area contributed by atoms with Gasteiger partial charge in [0.05, 0.1) is 24.2 Å². The lowest BCUT2D eigenvalue weighted by Crippen LogP contribution is -2.22. The zero-order valence-electron chi connectivity index (χ0n) is 14.4. The molecule has 0 N–H and O–H groups in total. The van der Waals surface area contributed by atoms with Gasteiger partial charge in [0.25, 0.3) is 0 Å². The van der Waals surface area contributed by atoms with Crippen LogP contribution in [0.15, 0.2) is 30.5 Å². The summed E-state index contributed by atoms with van der Waals surface area (Å²) in [5.41, 5.74) is 3.26. The number of aryl methyl sites for hydroxylation is 1. The average Bonchev–Trinajstić information content (AvgIpc) is 3.11. The maximum atomic E-state index is 5.81. The lowest BCUT2D eigenvalue weighted by Gasteiger charge is -2.22. The van der Waals surface area contributed by atoms with Crippen molar-refractivity contribution in [1.82, 2.24) is 15.0 Å². The fourth-order valence-electron chi connectivity index (χ4n) is 2.47. The van der Waals surface area contributed by atoms with Crippen LogP contribution in [-0.4, -0.2) is 27.9 Å². The van der Waals surface area contributed by atoms with E-state index in [1.165, 1.54) is 12.0 Å². The van der Waals surface area contributed by atoms with Crippen LogP contribution in [0.2, 0.25) is 0 Å². The van der Waals surface area contributed by atoms with Crippen LogP contribution in [0.4, 0.5) is 0 Å². The van der Waals surface area contributed by atoms with Gasteiger partial charge in [-0.2, -0.15) is 0 Å². The van der Waals surface area contributed by atoms with E-state index in [0.29, 0.717) is 6.61 Å². The third-order valence-corrected chi connectivity index (χ3v) is 3.76. The van der Waals surface area contributed by atoms with Crippen molar-refractivity contribution in [2.45, 2.75) is 59.4 Å². The minimum atomic E-state index is -0.0930. The summed E-state index contributed by atoms with van der Waals surface area (Å²) in [4.78, 5) is 0. The molecule has 0 aliphatic carbocycles. The van der Waals surface area contributed by atoms with E-state index in [9.17, 15) is 0 Å². The average molecular weight is 317 g/mol. The molecule has 2 aromatic rings. The number of benzene rings is 1. The van der Waals surface area contributed by atoms with Crippen LogP contribution in [-0.2, 0) is 22.5 Å². The van der Waals surface area contributed by atoms with Crippen LogP contribution in [0.3, 0.4) is 0 Å². The van der Waals surface area contributed by atoms with Crippen molar-refractivity contribution in [3.63, 3.8) is 0 Å². The minimum absolute atomic E-state index is 0.0930. The quantitative estimate of drug-likeness (QED) is 0.839. The topological polar surface area (TPSA) is 49.2 Å². The molecule has 1 atom stereocenters. The highest BCUT2D eigenvalue weighted by atomic mass is 16.7. The van der Waals surface area contributed by atoms with E-state index in [4.69, 9.17) is 9.47 Å². The van der Waals surface area contributed by atoms with Crippen molar-refractivity contribution in [1.29, 1.82) is 0 Å². The van der Waals surface area contributed by atoms with Gasteiger partial charge in [0.2, 0.25) is 0 Å². The van der Waals surface area contributed by atoms with Gasteiger partial charge in [0, 0.05) is 6.61 Å². The van der Waals surface area contributed by atoms with E-state index < -0.39 is 0 Å². The SMILES string of the molecule is CC.CCc1ccc(-n2nncc2COC2CCCCO2)cc1. The van der Waals surface area contributed by atoms with Gasteiger partial charge in [-0.05, 0) is 43.4 Å². The van der Waals surface area contributed by atoms with Crippen molar-refractivity contribution in [3.05, 3.63) is 41.7 Å². The molecule has 0 bridgehead atoms. The Morgan fingerprint density at radius 3 is 2.65 bits per heavy atom. The minimum Gasteiger partial charge on any atom is -0.353 e. The number of hydrogen-bond donors (Lipinski definition) is 0. The Morgan fingerprint density at radius 1 is 1.22 bits per heavy atom. The fourth-order valence-corrected chi connectivity index (χ4v) is 2.47. The number of hydrogen-bond acceptors (Lipinski definition) is 4. The Morgan fingerprint density at radius 2 is 2.00 bits per heavy atom. The third kappa shape index (κ3) is 4.88. The molecule has 0 amide bonds. The third-order valence-electron chi connectivity index (χ3n) is 3.76. The molecule has 1 aromatic heterocycles. The van der Waals surface area contributed by atoms with E-state index in [1.807, 2.05) is 18.5 Å². The van der Waals surface area contributed by atoms with E-state index in [0.717, 1.165) is 37.3 Å². The van der Waals surface area contributed by atoms with Crippen molar-refractivity contribution in [2.75, 3.05) is 6.61 Å². The van der Waals surface area contributed by atoms with Crippen LogP contribution in [0.25, 0.3) is 5.69 Å². The maximum absolute atomic E-state index is 5.81. The zero-order chi connectivity index (χ0) is 16.5. The number of aromatic nitrogens is 3. The van der Waals surface area contributed by atoms with Crippen molar-refractivity contribution in [2.24, 2.45) is 0 Å². The van der Waals surface area contributed by atoms with Crippen LogP contribution in [0.5, 0.6) is 0 Å². The fraction of sp³-hybridized carbons (Fsp3) is 0.556. The van der Waals surface area contributed by atoms with Gasteiger partial charge in [0.1, 0.15) is 0 Å². The first kappa shape index (κ1) is 17.6. The molecule has 1 saturated heterocycles. The Balaban J connectivity index is 0.000000924. The molecule has 126 valence electrons. The zero-order valence-corrected chi connectivity index (χ0v) is 14.4. The summed E-state index contributed by atoms with van der Waals surface area (Å²) in [6.45, 7) is 7.40. The molecule has 1 aliphatic heterocycles. The Labute approximate surface area is 138 Å². The normalized spacial score (nSPS) is 17.4. The maximum Gasteiger partial charge on any atom is 0.158 e. The number of rotatable bonds is 5. The van der Waals surface area contributed by atoms with Crippen molar-refractivity contribution < 1.29 is 9.47 Å². The van der Waals surface area contributed by atoms with Crippen LogP contribution in [0.1, 0.15) is 51.3 Å². The molecule has 1 unspecified atom stereocenters. The molecule has 2 heterocycles. The first-order valence-electron chi connectivity index (χ1n) is 8.59. The van der Waals surface area contributed by atoms with E-state index in [2.05, 4.69) is 41.5 Å². The molecule has 5 nitrogen and oxygen atoms in total. The highest BCUT2D eigenvalue weighted by molar-refractivity contribution is 5.34. The molecule has 3 rings (SSSR count). The molecule has 0 radical (unpaired) electrons. The first-order chi connectivity index (χ1) is 11.4. The molecule has 23 heavy (non-hydrogen) atoms. The Hall–Kier alpha value is -1.72. The largest absolute Gasteiger partial charge is 0.353 e. The first-order valence-corrected chi connectivity index (χ1v) is 8.59. The summed E-state index contributed by atoms with van der Waals surface area (Å²) in [6.07, 6.45) is 5.95. The standard InChI is InChI=1S/C16H21N3O2.C2H6/c1-2-13-6-8-14(9-7-13)19-15(11-17-18-19)12-21-16-5-3-4-10-20-16;1-2/h6-9,11,16H,2-5,10,12H2,1H3;1-2H3. The van der Waals surface area contributed by atoms with Gasteiger partial charge in [0.15, 0.2) is 6.29 Å². The molecule has 1 fully saturated rings. The summed E-state index contributed by atoms with van der Waals surface area (Å²) in [5, 5.41) is 8.15. The smallest absolute Gasteiger partial charge is 0.158 e. The molecule has 5 heteroatoms. The van der Waals surface area contributed by atoms with E-state index in [1.54, 1.807) is 6.20 Å². The van der Waals surface area contributed by atoms with Gasteiger partial charge in [-0.25, -0.2) is 4.68 Å². The highest BCUT2D eigenvalue weighted by Gasteiger charge is 2.15. The lowest BCUT2D eigenvalue weighted by molar-refractivity contribution is -0.169. The molecular weight excluding hydrogens is 290 g/mol. The van der Waals surface area contributed by atoms with Crippen LogP contribution >= 0.6 is 0 Å². The molecule has 0 saturated carbocycles. The number of nitrogens with zero attached hydrogens (tertiary/aromatic N) is 3. The van der Waals surface area contributed by atoms with Gasteiger partial charge in [-0.3, -0.25) is 0 Å².